The van der Waals surface area contributed by atoms with Crippen molar-refractivity contribution >= 4 is 17.5 Å². The fraction of sp³-hybridized carbons (Fsp3) is 0.273. The fourth-order valence-electron chi connectivity index (χ4n) is 3.01. The Hall–Kier alpha value is -3.48. The summed E-state index contributed by atoms with van der Waals surface area (Å²) in [5.74, 6) is 0.717. The van der Waals surface area contributed by atoms with Gasteiger partial charge in [-0.2, -0.15) is 0 Å². The van der Waals surface area contributed by atoms with Gasteiger partial charge < -0.3 is 16.0 Å². The summed E-state index contributed by atoms with van der Waals surface area (Å²) >= 11 is 0. The summed E-state index contributed by atoms with van der Waals surface area (Å²) in [5.41, 5.74) is 3.54. The third kappa shape index (κ3) is 5.75. The number of nitrogens with one attached hydrogen (secondary N) is 3. The molecule has 0 aliphatic rings. The lowest BCUT2D eigenvalue weighted by atomic mass is 10.0. The highest BCUT2D eigenvalue weighted by atomic mass is 16.2. The number of carbonyl (C=O) groups excluding carboxylic acids is 1. The number of nitrogens with zero attached hydrogens (tertiary/aromatic N) is 3. The van der Waals surface area contributed by atoms with E-state index in [4.69, 9.17) is 4.98 Å². The number of hydrogen-bond acceptors (Lipinski definition) is 5. The molecule has 2 aromatic heterocycles. The van der Waals surface area contributed by atoms with Crippen LogP contribution in [0.15, 0.2) is 61.2 Å². The maximum atomic E-state index is 11.6. The zero-order valence-corrected chi connectivity index (χ0v) is 16.7. The van der Waals surface area contributed by atoms with Crippen LogP contribution in [0.25, 0.3) is 11.3 Å². The standard InChI is InChI=1S/C22H26N6O/c1-3-6-19(17-7-5-12-23-13-17)27-21-15-24-14-20(28-21)16-8-10-18(11-9-16)26-22(29)25-4-2/h5,7-15,19H,3-4,6H2,1-2H3,(H,27,28)(H2,25,26,29). The first-order valence-electron chi connectivity index (χ1n) is 9.83. The Bertz CT molecular complexity index is 914. The summed E-state index contributed by atoms with van der Waals surface area (Å²) in [6, 6.07) is 11.4. The Morgan fingerprint density at radius 2 is 1.86 bits per heavy atom. The third-order valence-corrected chi connectivity index (χ3v) is 4.40. The number of anilines is 2. The van der Waals surface area contributed by atoms with Gasteiger partial charge in [0.25, 0.3) is 0 Å². The van der Waals surface area contributed by atoms with Gasteiger partial charge in [0.15, 0.2) is 0 Å². The average Bonchev–Trinajstić information content (AvgIpc) is 2.75. The van der Waals surface area contributed by atoms with E-state index in [9.17, 15) is 4.79 Å². The second-order valence-electron chi connectivity index (χ2n) is 6.62. The number of amides is 2. The molecule has 7 heteroatoms. The molecule has 0 bridgehead atoms. The van der Waals surface area contributed by atoms with Gasteiger partial charge >= 0.3 is 6.03 Å². The van der Waals surface area contributed by atoms with Crippen molar-refractivity contribution in [3.63, 3.8) is 0 Å². The highest BCUT2D eigenvalue weighted by molar-refractivity contribution is 5.89. The highest BCUT2D eigenvalue weighted by Crippen LogP contribution is 2.24. The molecule has 150 valence electrons. The van der Waals surface area contributed by atoms with Crippen LogP contribution >= 0.6 is 0 Å². The molecule has 0 aliphatic heterocycles. The highest BCUT2D eigenvalue weighted by Gasteiger charge is 2.12. The lowest BCUT2D eigenvalue weighted by Crippen LogP contribution is -2.28. The molecule has 7 nitrogen and oxygen atoms in total. The largest absolute Gasteiger partial charge is 0.362 e. The third-order valence-electron chi connectivity index (χ3n) is 4.40. The summed E-state index contributed by atoms with van der Waals surface area (Å²) in [4.78, 5) is 24.9. The van der Waals surface area contributed by atoms with Crippen molar-refractivity contribution < 1.29 is 4.79 Å². The van der Waals surface area contributed by atoms with Crippen LogP contribution in [0, 0.1) is 0 Å². The van der Waals surface area contributed by atoms with Gasteiger partial charge in [-0.1, -0.05) is 31.5 Å². The fourth-order valence-corrected chi connectivity index (χ4v) is 3.01. The van der Waals surface area contributed by atoms with Crippen LogP contribution in [-0.2, 0) is 0 Å². The number of carbonyl (C=O) groups is 1. The van der Waals surface area contributed by atoms with Gasteiger partial charge in [-0.3, -0.25) is 9.97 Å². The molecule has 1 unspecified atom stereocenters. The second kappa shape index (κ2) is 10.2. The molecule has 2 heterocycles. The predicted octanol–water partition coefficient (Wildman–Crippen LogP) is 4.63. The number of urea groups is 1. The Kier molecular flexibility index (Phi) is 7.10. The van der Waals surface area contributed by atoms with E-state index in [-0.39, 0.29) is 12.1 Å². The molecule has 1 aromatic carbocycles. The van der Waals surface area contributed by atoms with Crippen molar-refractivity contribution in [2.24, 2.45) is 0 Å². The van der Waals surface area contributed by atoms with Gasteiger partial charge in [-0.25, -0.2) is 9.78 Å². The average molecular weight is 390 g/mol. The van der Waals surface area contributed by atoms with Gasteiger partial charge in [0.05, 0.1) is 24.1 Å². The maximum absolute atomic E-state index is 11.6. The van der Waals surface area contributed by atoms with Crippen molar-refractivity contribution in [3.05, 3.63) is 66.7 Å². The van der Waals surface area contributed by atoms with E-state index in [1.807, 2.05) is 43.5 Å². The molecule has 2 amide bonds. The molecule has 0 saturated heterocycles. The predicted molar refractivity (Wildman–Crippen MR) is 116 cm³/mol. The van der Waals surface area contributed by atoms with Crippen LogP contribution in [-0.4, -0.2) is 27.5 Å². The van der Waals surface area contributed by atoms with Crippen molar-refractivity contribution in [2.45, 2.75) is 32.7 Å². The summed E-state index contributed by atoms with van der Waals surface area (Å²) in [6.07, 6.45) is 9.13. The molecule has 0 spiro atoms. The van der Waals surface area contributed by atoms with Gasteiger partial charge in [-0.05, 0) is 37.1 Å². The number of pyridine rings is 1. The minimum absolute atomic E-state index is 0.127. The molecule has 0 fully saturated rings. The van der Waals surface area contributed by atoms with E-state index >= 15 is 0 Å². The van der Waals surface area contributed by atoms with Crippen molar-refractivity contribution in [2.75, 3.05) is 17.2 Å². The molecular formula is C22H26N6O. The van der Waals surface area contributed by atoms with Crippen molar-refractivity contribution in [1.29, 1.82) is 0 Å². The summed E-state index contributed by atoms with van der Waals surface area (Å²) in [6.45, 7) is 4.61. The second-order valence-corrected chi connectivity index (χ2v) is 6.62. The van der Waals surface area contributed by atoms with E-state index in [1.165, 1.54) is 0 Å². The Balaban J connectivity index is 1.74. The van der Waals surface area contributed by atoms with Crippen LogP contribution in [0.2, 0.25) is 0 Å². The minimum atomic E-state index is -0.219. The SMILES string of the molecule is CCCC(Nc1cncc(-c2ccc(NC(=O)NCC)cc2)n1)c1cccnc1. The number of rotatable bonds is 8. The normalized spacial score (nSPS) is 11.5. The lowest BCUT2D eigenvalue weighted by Gasteiger charge is -2.19. The van der Waals surface area contributed by atoms with Crippen LogP contribution in [0.1, 0.15) is 38.3 Å². The van der Waals surface area contributed by atoms with Gasteiger partial charge in [0.1, 0.15) is 5.82 Å². The van der Waals surface area contributed by atoms with E-state index in [1.54, 1.807) is 18.6 Å². The summed E-state index contributed by atoms with van der Waals surface area (Å²) in [7, 11) is 0. The molecule has 0 saturated carbocycles. The molecule has 3 rings (SSSR count). The Morgan fingerprint density at radius 3 is 2.55 bits per heavy atom. The molecule has 0 aliphatic carbocycles. The molecule has 3 aromatic rings. The molecule has 29 heavy (non-hydrogen) atoms. The van der Waals surface area contributed by atoms with Gasteiger partial charge in [0.2, 0.25) is 0 Å². The van der Waals surface area contributed by atoms with E-state index in [0.29, 0.717) is 12.4 Å². The van der Waals surface area contributed by atoms with Crippen molar-refractivity contribution in [1.82, 2.24) is 20.3 Å². The van der Waals surface area contributed by atoms with E-state index in [2.05, 4.69) is 38.9 Å². The van der Waals surface area contributed by atoms with Crippen LogP contribution in [0.4, 0.5) is 16.3 Å². The van der Waals surface area contributed by atoms with E-state index in [0.717, 1.165) is 35.3 Å². The van der Waals surface area contributed by atoms with Crippen LogP contribution < -0.4 is 16.0 Å². The molecule has 3 N–H and O–H groups in total. The van der Waals surface area contributed by atoms with Crippen LogP contribution in [0.3, 0.4) is 0 Å². The van der Waals surface area contributed by atoms with Gasteiger partial charge in [0, 0.05) is 30.2 Å². The quantitative estimate of drug-likeness (QED) is 0.521. The van der Waals surface area contributed by atoms with Crippen molar-refractivity contribution in [3.8, 4) is 11.3 Å². The summed E-state index contributed by atoms with van der Waals surface area (Å²) < 4.78 is 0. The first kappa shape index (κ1) is 20.3. The number of aromatic nitrogens is 3. The smallest absolute Gasteiger partial charge is 0.319 e. The Labute approximate surface area is 171 Å². The topological polar surface area (TPSA) is 91.8 Å². The first-order chi connectivity index (χ1) is 14.2. The zero-order valence-electron chi connectivity index (χ0n) is 16.7. The minimum Gasteiger partial charge on any atom is -0.362 e. The lowest BCUT2D eigenvalue weighted by molar-refractivity contribution is 0.252. The number of hydrogen-bond donors (Lipinski definition) is 3. The first-order valence-corrected chi connectivity index (χ1v) is 9.83. The summed E-state index contributed by atoms with van der Waals surface area (Å²) in [5, 5.41) is 8.97. The van der Waals surface area contributed by atoms with Gasteiger partial charge in [-0.15, -0.1) is 0 Å². The monoisotopic (exact) mass is 390 g/mol. The molecule has 0 radical (unpaired) electrons. The molecular weight excluding hydrogens is 364 g/mol. The Morgan fingerprint density at radius 1 is 1.03 bits per heavy atom. The zero-order chi connectivity index (χ0) is 20.5. The van der Waals surface area contributed by atoms with E-state index < -0.39 is 0 Å². The number of benzene rings is 1. The van der Waals surface area contributed by atoms with Crippen LogP contribution in [0.5, 0.6) is 0 Å². The maximum Gasteiger partial charge on any atom is 0.319 e. The molecule has 1 atom stereocenters.